The van der Waals surface area contributed by atoms with E-state index < -0.39 is 55.0 Å². The monoisotopic (exact) mass is 538 g/mol. The Kier molecular flexibility index (Phi) is 9.44. The first-order valence-corrected chi connectivity index (χ1v) is 12.6. The highest BCUT2D eigenvalue weighted by atomic mass is 32.1. The smallest absolute Gasteiger partial charge is 0.329 e. The highest BCUT2D eigenvalue weighted by Gasteiger charge is 2.38. The van der Waals surface area contributed by atoms with Crippen LogP contribution in [0.25, 0.3) is 0 Å². The number of nitrogens with two attached hydrogens (primary N) is 1. The van der Waals surface area contributed by atoms with Gasteiger partial charge in [-0.1, -0.05) is 10.6 Å². The lowest BCUT2D eigenvalue weighted by Gasteiger charge is -2.39. The van der Waals surface area contributed by atoms with Gasteiger partial charge in [-0.25, -0.2) is 4.79 Å². The van der Waals surface area contributed by atoms with Crippen LogP contribution in [0.1, 0.15) is 33.1 Å². The van der Waals surface area contributed by atoms with Crippen LogP contribution in [-0.4, -0.2) is 87.1 Å². The second kappa shape index (κ2) is 12.5. The molecule has 0 unspecified atom stereocenters. The Balaban J connectivity index is 1.73. The molecule has 1 aliphatic rings. The molecule has 3 atom stereocenters. The number of amides is 4. The summed E-state index contributed by atoms with van der Waals surface area (Å²) in [4.78, 5) is 63.9. The lowest BCUT2D eigenvalue weighted by Crippen LogP contribution is -2.60. The van der Waals surface area contributed by atoms with Gasteiger partial charge in [0.1, 0.15) is 30.2 Å². The molecule has 1 aliphatic heterocycles. The summed E-state index contributed by atoms with van der Waals surface area (Å²) in [5.74, 6) is -3.55. The van der Waals surface area contributed by atoms with Crippen molar-refractivity contribution in [3.8, 4) is 0 Å². The average Bonchev–Trinajstić information content (AvgIpc) is 3.49. The van der Waals surface area contributed by atoms with E-state index in [1.165, 1.54) is 16.2 Å². The Morgan fingerprint density at radius 2 is 2.08 bits per heavy atom. The van der Waals surface area contributed by atoms with Crippen molar-refractivity contribution in [1.29, 1.82) is 0 Å². The molecule has 2 aromatic heterocycles. The molecule has 3 heterocycles. The molecule has 15 heteroatoms. The molecular formula is C21H26N6O7S2. The zero-order valence-electron chi connectivity index (χ0n) is 19.3. The number of nitrogens with one attached hydrogen (secondary N) is 2. The fourth-order valence-corrected chi connectivity index (χ4v) is 5.07. The number of nitrogens with zero attached hydrogens (tertiary/aromatic N) is 3. The minimum Gasteiger partial charge on any atom is -0.480 e. The van der Waals surface area contributed by atoms with Crippen molar-refractivity contribution in [2.75, 3.05) is 19.8 Å². The lowest BCUT2D eigenvalue weighted by atomic mass is 9.95. The Hall–Kier alpha value is -3.43. The molecule has 2 aromatic rings. The summed E-state index contributed by atoms with van der Waals surface area (Å²) in [6, 6.07) is 1.12. The number of aromatic nitrogens is 2. The van der Waals surface area contributed by atoms with Crippen molar-refractivity contribution in [3.63, 3.8) is 0 Å². The van der Waals surface area contributed by atoms with Crippen molar-refractivity contribution >= 4 is 52.5 Å². The van der Waals surface area contributed by atoms with E-state index in [0.717, 1.165) is 16.4 Å². The Morgan fingerprint density at radius 3 is 2.69 bits per heavy atom. The summed E-state index contributed by atoms with van der Waals surface area (Å²) >= 11 is 2.36. The minimum atomic E-state index is -1.23. The standard InChI is InChI=1S/C21H26N6O7S2/c1-11-18(36-26-25-11)21(33)23-12-4-5-27(16(28)9-34-10-17(29)30)15(7-12)20(32)24-14(19(22)31)8-13-3-2-6-35-13/h2-3,6,12,14-15H,4-5,7-10H2,1H3,(H2,22,31)(H,23,33)(H,24,32)(H,29,30)/t12-,14-,15-/m0/s1. The van der Waals surface area contributed by atoms with Gasteiger partial charge in [0.05, 0.1) is 5.69 Å². The first-order valence-electron chi connectivity index (χ1n) is 11.0. The molecule has 0 saturated carbocycles. The molecule has 0 bridgehead atoms. The number of likely N-dealkylation sites (tertiary alicyclic amines) is 1. The molecule has 0 spiro atoms. The van der Waals surface area contributed by atoms with Crippen LogP contribution in [0.4, 0.5) is 0 Å². The number of hydrogen-bond donors (Lipinski definition) is 4. The van der Waals surface area contributed by atoms with Gasteiger partial charge >= 0.3 is 5.97 Å². The number of carboxylic acid groups (broad SMARTS) is 1. The highest BCUT2D eigenvalue weighted by Crippen LogP contribution is 2.21. The van der Waals surface area contributed by atoms with Gasteiger partial charge in [0, 0.05) is 23.9 Å². The third kappa shape index (κ3) is 7.29. The summed E-state index contributed by atoms with van der Waals surface area (Å²) in [6.45, 7) is 0.560. The van der Waals surface area contributed by atoms with E-state index in [0.29, 0.717) is 17.0 Å². The number of carbonyl (C=O) groups is 5. The molecule has 194 valence electrons. The predicted octanol–water partition coefficient (Wildman–Crippen LogP) is -0.689. The molecule has 3 rings (SSSR count). The van der Waals surface area contributed by atoms with Crippen molar-refractivity contribution in [2.24, 2.45) is 5.73 Å². The third-order valence-electron chi connectivity index (χ3n) is 5.51. The summed E-state index contributed by atoms with van der Waals surface area (Å²) in [5.41, 5.74) is 5.99. The number of piperidine rings is 1. The van der Waals surface area contributed by atoms with Crippen LogP contribution in [-0.2, 0) is 30.3 Å². The van der Waals surface area contributed by atoms with E-state index >= 15 is 0 Å². The van der Waals surface area contributed by atoms with Gasteiger partial charge in [0.15, 0.2) is 0 Å². The number of hydrogen-bond acceptors (Lipinski definition) is 10. The SMILES string of the molecule is Cc1nnsc1C(=O)N[C@H]1CCN(C(=O)COCC(=O)O)[C@H](C(=O)N[C@@H](Cc2cccs2)C(N)=O)C1. The maximum Gasteiger partial charge on any atom is 0.329 e. The second-order valence-corrected chi connectivity index (χ2v) is 9.91. The predicted molar refractivity (Wildman–Crippen MR) is 128 cm³/mol. The van der Waals surface area contributed by atoms with Gasteiger partial charge in [0.2, 0.25) is 17.7 Å². The molecular weight excluding hydrogens is 512 g/mol. The van der Waals surface area contributed by atoms with E-state index in [-0.39, 0.29) is 25.3 Å². The van der Waals surface area contributed by atoms with E-state index in [2.05, 4.69) is 20.2 Å². The van der Waals surface area contributed by atoms with Crippen LogP contribution in [0.5, 0.6) is 0 Å². The quantitative estimate of drug-likeness (QED) is 0.286. The maximum atomic E-state index is 13.3. The van der Waals surface area contributed by atoms with Gasteiger partial charge in [-0.3, -0.25) is 19.2 Å². The summed E-state index contributed by atoms with van der Waals surface area (Å²) in [6.07, 6.45) is 0.608. The molecule has 4 amide bonds. The summed E-state index contributed by atoms with van der Waals surface area (Å²) < 4.78 is 8.65. The van der Waals surface area contributed by atoms with Crippen LogP contribution in [0.3, 0.4) is 0 Å². The zero-order valence-corrected chi connectivity index (χ0v) is 21.0. The van der Waals surface area contributed by atoms with Crippen LogP contribution >= 0.6 is 22.9 Å². The van der Waals surface area contributed by atoms with E-state index in [1.807, 2.05) is 17.5 Å². The maximum absolute atomic E-state index is 13.3. The Bertz CT molecular complexity index is 1110. The lowest BCUT2D eigenvalue weighted by molar-refractivity contribution is -0.150. The fourth-order valence-electron chi connectivity index (χ4n) is 3.76. The van der Waals surface area contributed by atoms with Crippen LogP contribution in [0.15, 0.2) is 17.5 Å². The molecule has 1 saturated heterocycles. The number of aryl methyl sites for hydroxylation is 1. The van der Waals surface area contributed by atoms with Gasteiger partial charge in [0.25, 0.3) is 5.91 Å². The van der Waals surface area contributed by atoms with Crippen LogP contribution < -0.4 is 16.4 Å². The van der Waals surface area contributed by atoms with Gasteiger partial charge in [-0.05, 0) is 42.7 Å². The normalized spacial score (nSPS) is 18.3. The topological polar surface area (TPSA) is 194 Å². The number of aliphatic carboxylic acids is 1. The van der Waals surface area contributed by atoms with E-state index in [1.54, 1.807) is 6.92 Å². The van der Waals surface area contributed by atoms with Gasteiger partial charge in [-0.2, -0.15) is 0 Å². The van der Waals surface area contributed by atoms with Crippen molar-refractivity contribution in [3.05, 3.63) is 33.0 Å². The number of rotatable bonds is 11. The largest absolute Gasteiger partial charge is 0.480 e. The molecule has 1 fully saturated rings. The molecule has 36 heavy (non-hydrogen) atoms. The number of thiophene rings is 1. The number of ether oxygens (including phenoxy) is 1. The number of carbonyl (C=O) groups excluding carboxylic acids is 4. The summed E-state index contributed by atoms with van der Waals surface area (Å²) in [5, 5.41) is 19.9. The zero-order chi connectivity index (χ0) is 26.2. The Labute approximate surface area is 214 Å². The van der Waals surface area contributed by atoms with Crippen molar-refractivity contribution in [1.82, 2.24) is 25.1 Å². The third-order valence-corrected chi connectivity index (χ3v) is 7.24. The van der Waals surface area contributed by atoms with Gasteiger partial charge < -0.3 is 31.1 Å². The Morgan fingerprint density at radius 1 is 1.31 bits per heavy atom. The molecule has 13 nitrogen and oxygen atoms in total. The van der Waals surface area contributed by atoms with Crippen molar-refractivity contribution < 1.29 is 33.8 Å². The molecule has 5 N–H and O–H groups in total. The summed E-state index contributed by atoms with van der Waals surface area (Å²) in [7, 11) is 0. The van der Waals surface area contributed by atoms with Crippen LogP contribution in [0.2, 0.25) is 0 Å². The first kappa shape index (κ1) is 27.2. The van der Waals surface area contributed by atoms with E-state index in [4.69, 9.17) is 15.6 Å². The molecule has 0 aliphatic carbocycles. The second-order valence-electron chi connectivity index (χ2n) is 8.12. The molecule has 0 aromatic carbocycles. The number of primary amides is 1. The van der Waals surface area contributed by atoms with Crippen LogP contribution in [0, 0.1) is 6.92 Å². The molecule has 0 radical (unpaired) electrons. The first-order chi connectivity index (χ1) is 17.2. The number of carboxylic acids is 1. The fraction of sp³-hybridized carbons (Fsp3) is 0.476. The van der Waals surface area contributed by atoms with E-state index in [9.17, 15) is 24.0 Å². The van der Waals surface area contributed by atoms with Crippen molar-refractivity contribution in [2.45, 2.75) is 44.3 Å². The van der Waals surface area contributed by atoms with Gasteiger partial charge in [-0.15, -0.1) is 16.4 Å². The average molecular weight is 539 g/mol. The highest BCUT2D eigenvalue weighted by molar-refractivity contribution is 7.09. The minimum absolute atomic E-state index is 0.0675.